The van der Waals surface area contributed by atoms with Gasteiger partial charge < -0.3 is 49.6 Å². The minimum absolute atomic E-state index is 0.00306. The number of hydrogen-bond acceptors (Lipinski definition) is 10. The summed E-state index contributed by atoms with van der Waals surface area (Å²) in [6.07, 6.45) is 1.02. The van der Waals surface area contributed by atoms with Gasteiger partial charge in [0.1, 0.15) is 6.10 Å². The molecule has 0 bridgehead atoms. The number of ether oxygens (including phenoxy) is 4. The Bertz CT molecular complexity index is 651. The van der Waals surface area contributed by atoms with Crippen LogP contribution in [0.3, 0.4) is 0 Å². The summed E-state index contributed by atoms with van der Waals surface area (Å²) in [5.41, 5.74) is 0. The number of aliphatic hydroxyl groups is 6. The van der Waals surface area contributed by atoms with Crippen LogP contribution >= 0.6 is 0 Å². The maximum absolute atomic E-state index is 10.5. The quantitative estimate of drug-likeness (QED) is 0.207. The van der Waals surface area contributed by atoms with Crippen LogP contribution in [-0.2, 0) is 18.9 Å². The van der Waals surface area contributed by atoms with Crippen molar-refractivity contribution in [3.8, 4) is 0 Å². The summed E-state index contributed by atoms with van der Waals surface area (Å²) in [7, 11) is 3.25. The van der Waals surface area contributed by atoms with Crippen LogP contribution in [0, 0.1) is 29.6 Å². The Morgan fingerprint density at radius 1 is 0.757 bits per heavy atom. The summed E-state index contributed by atoms with van der Waals surface area (Å²) in [5, 5.41) is 60.9. The average Bonchev–Trinajstić information content (AvgIpc) is 2.92. The Hall–Kier alpha value is -0.400. The van der Waals surface area contributed by atoms with E-state index in [2.05, 4.69) is 0 Å². The molecule has 0 aromatic heterocycles. The first-order chi connectivity index (χ1) is 17.8. The monoisotopic (exact) mass is 534 g/mol. The predicted octanol–water partition coefficient (Wildman–Crippen LogP) is 0.435. The lowest BCUT2D eigenvalue weighted by atomic mass is 9.73. The van der Waals surface area contributed by atoms with Crippen LogP contribution in [0.5, 0.6) is 0 Å². The Kier molecular flexibility index (Phi) is 12.5. The van der Waals surface area contributed by atoms with Crippen LogP contribution in [0.1, 0.15) is 58.3 Å². The molecular weight excluding hydrogens is 484 g/mol. The first kappa shape index (κ1) is 31.1. The van der Waals surface area contributed by atoms with Crippen molar-refractivity contribution in [2.75, 3.05) is 34.0 Å². The van der Waals surface area contributed by atoms with E-state index in [0.29, 0.717) is 25.2 Å². The highest BCUT2D eigenvalue weighted by Crippen LogP contribution is 2.39. The SMILES string of the molecule is COC1CC(C[C@@H](CO)[C@H](CO)CC2CCC(O[C@@H]3O[C@H](CO)[C@@H](C)[C@H](O)[C@H]3O)C(OC)C2)CCC1O. The molecule has 37 heavy (non-hydrogen) atoms. The fraction of sp³-hybridized carbons (Fsp3) is 1.00. The topological polar surface area (TPSA) is 158 Å². The standard InChI is InChI=1S/C27H50O10/c1-15-24(14-30)37-27(26(33)25(15)32)36-21-7-5-17(11-23(21)35-3)9-19(13-29)18(12-28)8-16-4-6-20(31)22(10-16)34-2/h15-33H,4-14H2,1-3H3/t15-,16?,17?,18+,19+,20?,21?,22?,23?,24-,25+,26-,27-/m1/s1. The zero-order valence-electron chi connectivity index (χ0n) is 22.6. The Balaban J connectivity index is 1.55. The molecule has 218 valence electrons. The van der Waals surface area contributed by atoms with Crippen molar-refractivity contribution >= 4 is 0 Å². The summed E-state index contributed by atoms with van der Waals surface area (Å²) in [6, 6.07) is 0. The second-order valence-electron chi connectivity index (χ2n) is 11.6. The lowest BCUT2D eigenvalue weighted by Crippen LogP contribution is -2.57. The van der Waals surface area contributed by atoms with Gasteiger partial charge in [0.25, 0.3) is 0 Å². The Labute approximate surface area is 220 Å². The third-order valence-corrected chi connectivity index (χ3v) is 9.27. The molecule has 3 fully saturated rings. The van der Waals surface area contributed by atoms with Crippen LogP contribution in [0.25, 0.3) is 0 Å². The van der Waals surface area contributed by atoms with Crippen molar-refractivity contribution in [3.05, 3.63) is 0 Å². The van der Waals surface area contributed by atoms with Crippen molar-refractivity contribution in [2.24, 2.45) is 29.6 Å². The molecule has 0 amide bonds. The van der Waals surface area contributed by atoms with Crippen LogP contribution < -0.4 is 0 Å². The molecule has 13 atom stereocenters. The second-order valence-corrected chi connectivity index (χ2v) is 11.6. The molecule has 0 spiro atoms. The van der Waals surface area contributed by atoms with Crippen LogP contribution in [-0.4, -0.2) is 114 Å². The highest BCUT2D eigenvalue weighted by Gasteiger charge is 2.45. The highest BCUT2D eigenvalue weighted by atomic mass is 16.7. The molecular formula is C27H50O10. The van der Waals surface area contributed by atoms with Gasteiger partial charge in [0, 0.05) is 33.4 Å². The van der Waals surface area contributed by atoms with Gasteiger partial charge in [0.05, 0.1) is 43.2 Å². The lowest BCUT2D eigenvalue weighted by molar-refractivity contribution is -0.310. The van der Waals surface area contributed by atoms with Gasteiger partial charge in [-0.2, -0.15) is 0 Å². The minimum atomic E-state index is -1.21. The molecule has 1 heterocycles. The van der Waals surface area contributed by atoms with E-state index in [4.69, 9.17) is 18.9 Å². The molecule has 1 saturated heterocycles. The number of rotatable bonds is 12. The molecule has 1 aliphatic heterocycles. The number of methoxy groups -OCH3 is 2. The number of hydrogen-bond donors (Lipinski definition) is 6. The van der Waals surface area contributed by atoms with E-state index < -0.39 is 36.6 Å². The largest absolute Gasteiger partial charge is 0.396 e. The predicted molar refractivity (Wildman–Crippen MR) is 134 cm³/mol. The summed E-state index contributed by atoms with van der Waals surface area (Å²) >= 11 is 0. The molecule has 0 aromatic rings. The average molecular weight is 535 g/mol. The van der Waals surface area contributed by atoms with Gasteiger partial charge in [-0.25, -0.2) is 0 Å². The van der Waals surface area contributed by atoms with Crippen molar-refractivity contribution in [1.29, 1.82) is 0 Å². The molecule has 6 unspecified atom stereocenters. The molecule has 0 radical (unpaired) electrons. The molecule has 3 aliphatic rings. The zero-order chi connectivity index (χ0) is 27.1. The van der Waals surface area contributed by atoms with Crippen LogP contribution in [0.15, 0.2) is 0 Å². The maximum atomic E-state index is 10.5. The molecule has 3 rings (SSSR count). The van der Waals surface area contributed by atoms with Gasteiger partial charge in [-0.05, 0) is 75.0 Å². The van der Waals surface area contributed by atoms with E-state index in [0.717, 1.165) is 32.1 Å². The van der Waals surface area contributed by atoms with E-state index in [1.54, 1.807) is 21.1 Å². The third kappa shape index (κ3) is 7.84. The van der Waals surface area contributed by atoms with E-state index in [1.165, 1.54) is 0 Å². The molecule has 10 heteroatoms. The van der Waals surface area contributed by atoms with Gasteiger partial charge in [-0.1, -0.05) is 6.92 Å². The molecule has 2 aliphatic carbocycles. The molecule has 2 saturated carbocycles. The smallest absolute Gasteiger partial charge is 0.186 e. The van der Waals surface area contributed by atoms with Crippen molar-refractivity contribution in [3.63, 3.8) is 0 Å². The van der Waals surface area contributed by atoms with Gasteiger partial charge in [0.15, 0.2) is 6.29 Å². The van der Waals surface area contributed by atoms with Crippen molar-refractivity contribution in [2.45, 2.75) is 107 Å². The van der Waals surface area contributed by atoms with Gasteiger partial charge in [0.2, 0.25) is 0 Å². The second kappa shape index (κ2) is 14.8. The van der Waals surface area contributed by atoms with E-state index in [1.807, 2.05) is 0 Å². The number of aliphatic hydroxyl groups excluding tert-OH is 6. The van der Waals surface area contributed by atoms with Crippen molar-refractivity contribution < 1.29 is 49.6 Å². The van der Waals surface area contributed by atoms with Gasteiger partial charge in [-0.15, -0.1) is 0 Å². The van der Waals surface area contributed by atoms with Gasteiger partial charge >= 0.3 is 0 Å². The van der Waals surface area contributed by atoms with E-state index in [9.17, 15) is 30.6 Å². The highest BCUT2D eigenvalue weighted by molar-refractivity contribution is 4.90. The van der Waals surface area contributed by atoms with Crippen LogP contribution in [0.2, 0.25) is 0 Å². The first-order valence-corrected chi connectivity index (χ1v) is 14.0. The molecule has 0 aromatic carbocycles. The normalized spacial score (nSPS) is 42.9. The summed E-state index contributed by atoms with van der Waals surface area (Å²) in [6.45, 7) is 1.47. The fourth-order valence-corrected chi connectivity index (χ4v) is 6.72. The Morgan fingerprint density at radius 3 is 1.86 bits per heavy atom. The van der Waals surface area contributed by atoms with Gasteiger partial charge in [-0.3, -0.25) is 0 Å². The third-order valence-electron chi connectivity index (χ3n) is 9.27. The summed E-state index contributed by atoms with van der Waals surface area (Å²) in [4.78, 5) is 0. The summed E-state index contributed by atoms with van der Waals surface area (Å²) < 4.78 is 23.0. The first-order valence-electron chi connectivity index (χ1n) is 14.0. The molecule has 10 nitrogen and oxygen atoms in total. The zero-order valence-corrected chi connectivity index (χ0v) is 22.6. The van der Waals surface area contributed by atoms with Crippen molar-refractivity contribution in [1.82, 2.24) is 0 Å². The Morgan fingerprint density at radius 2 is 1.32 bits per heavy atom. The van der Waals surface area contributed by atoms with E-state index >= 15 is 0 Å². The molecule has 6 N–H and O–H groups in total. The maximum Gasteiger partial charge on any atom is 0.186 e. The summed E-state index contributed by atoms with van der Waals surface area (Å²) in [5.74, 6) is 0.149. The lowest BCUT2D eigenvalue weighted by Gasteiger charge is -2.44. The van der Waals surface area contributed by atoms with Crippen LogP contribution in [0.4, 0.5) is 0 Å². The fourth-order valence-electron chi connectivity index (χ4n) is 6.72. The minimum Gasteiger partial charge on any atom is -0.396 e. The van der Waals surface area contributed by atoms with E-state index in [-0.39, 0.29) is 55.9 Å².